The summed E-state index contributed by atoms with van der Waals surface area (Å²) in [4.78, 5) is 2.90. The molecule has 18 heteroatoms. The van der Waals surface area contributed by atoms with Gasteiger partial charge in [0.15, 0.2) is 18.9 Å². The Morgan fingerprint density at radius 1 is 0.395 bits per heavy atom. The molecule has 430 valence electrons. The molecule has 0 saturated carbocycles. The molecule has 0 aromatic heterocycles. The van der Waals surface area contributed by atoms with Crippen molar-refractivity contribution in [3.05, 3.63) is 226 Å². The molecule has 18 nitrogen and oxygen atoms in total. The summed E-state index contributed by atoms with van der Waals surface area (Å²) in [5.74, 6) is -0.498. The smallest absolute Gasteiger partial charge is 0.187 e. The summed E-state index contributed by atoms with van der Waals surface area (Å²) >= 11 is 0. The maximum atomic E-state index is 13.1. The third-order valence-electron chi connectivity index (χ3n) is 14.4. The van der Waals surface area contributed by atoms with Crippen molar-refractivity contribution in [3.8, 4) is 0 Å². The average Bonchev–Trinajstić information content (AvgIpc) is 3.68. The molecule has 6 unspecified atom stereocenters. The van der Waals surface area contributed by atoms with Crippen LogP contribution in [0.3, 0.4) is 0 Å². The van der Waals surface area contributed by atoms with Crippen molar-refractivity contribution in [1.29, 1.82) is 0 Å². The molecule has 3 fully saturated rings. The van der Waals surface area contributed by atoms with Crippen LogP contribution in [0.25, 0.3) is 10.4 Å². The third kappa shape index (κ3) is 17.3. The fraction of sp³-hybridized carbons (Fsp3) is 0.429. The van der Waals surface area contributed by atoms with Gasteiger partial charge in [0.2, 0.25) is 0 Å². The van der Waals surface area contributed by atoms with E-state index in [9.17, 15) is 15.3 Å². The molecule has 9 rings (SSSR count). The van der Waals surface area contributed by atoms with E-state index in [-0.39, 0.29) is 72.6 Å². The number of ether oxygens (including phenoxy) is 12. The lowest BCUT2D eigenvalue weighted by Gasteiger charge is -2.50. The van der Waals surface area contributed by atoms with E-state index in [4.69, 9.17) is 62.4 Å². The standard InChI is InChI=1S/C63H73N3O15/c1-43-56(51(41-71-35-45-22-10-3-11-23-45)78-61(73-33-32-65-66-64)57(43)74-37-47-26-14-5-15-27-47)80-63-60(76-39-49-30-18-7-19-31-49)55(69)58(52(79-63)42-72-36-46-24-12-4-13-25-46)81-62-59(75-38-48-28-16-6-17-29-48)54(68)53(67)50(77-62)40-70-34-44-20-8-2-9-21-44/h2-31,43,50-63,67-69H,32-42H2,1H3/t43?,50?,51-,52?,53-,54-,55-,56-,57?,58-,59?,60?,61+,62+,63-/m0/s1. The van der Waals surface area contributed by atoms with E-state index < -0.39 is 91.9 Å². The van der Waals surface area contributed by atoms with Crippen molar-refractivity contribution >= 4 is 0 Å². The number of hydrogen-bond acceptors (Lipinski definition) is 16. The predicted octanol–water partition coefficient (Wildman–Crippen LogP) is 8.38. The van der Waals surface area contributed by atoms with Crippen LogP contribution in [0, 0.1) is 5.92 Å². The van der Waals surface area contributed by atoms with Gasteiger partial charge in [0.1, 0.15) is 61.0 Å². The number of aliphatic hydroxyl groups excluding tert-OH is 3. The normalized spacial score (nSPS) is 28.5. The van der Waals surface area contributed by atoms with Crippen LogP contribution in [0.2, 0.25) is 0 Å². The zero-order chi connectivity index (χ0) is 56.0. The van der Waals surface area contributed by atoms with Crippen LogP contribution in [0.4, 0.5) is 0 Å². The maximum absolute atomic E-state index is 13.1. The Balaban J connectivity index is 1.04. The zero-order valence-electron chi connectivity index (χ0n) is 45.3. The lowest BCUT2D eigenvalue weighted by molar-refractivity contribution is -0.385. The van der Waals surface area contributed by atoms with Gasteiger partial charge in [0, 0.05) is 17.4 Å². The lowest BCUT2D eigenvalue weighted by atomic mass is 9.89. The monoisotopic (exact) mass is 1110 g/mol. The molecule has 6 aromatic carbocycles. The van der Waals surface area contributed by atoms with E-state index in [0.29, 0.717) is 0 Å². The van der Waals surface area contributed by atoms with Gasteiger partial charge in [0.05, 0.1) is 72.2 Å². The zero-order valence-corrected chi connectivity index (χ0v) is 45.3. The van der Waals surface area contributed by atoms with Crippen LogP contribution in [0.1, 0.15) is 40.3 Å². The van der Waals surface area contributed by atoms with Crippen molar-refractivity contribution < 1.29 is 72.2 Å². The maximum Gasteiger partial charge on any atom is 0.187 e. The highest BCUT2D eigenvalue weighted by Crippen LogP contribution is 2.38. The van der Waals surface area contributed by atoms with Gasteiger partial charge in [-0.3, -0.25) is 0 Å². The molecule has 81 heavy (non-hydrogen) atoms. The molecule has 0 aliphatic carbocycles. The van der Waals surface area contributed by atoms with Gasteiger partial charge in [-0.1, -0.05) is 194 Å². The van der Waals surface area contributed by atoms with Crippen LogP contribution in [0.5, 0.6) is 0 Å². The van der Waals surface area contributed by atoms with Crippen LogP contribution in [-0.4, -0.2) is 134 Å². The number of benzene rings is 6. The Morgan fingerprint density at radius 3 is 1.17 bits per heavy atom. The molecule has 3 aliphatic rings. The summed E-state index contributed by atoms with van der Waals surface area (Å²) in [6.07, 6.45) is -16.6. The fourth-order valence-electron chi connectivity index (χ4n) is 10.1. The van der Waals surface area contributed by atoms with Gasteiger partial charge in [-0.15, -0.1) is 0 Å². The highest BCUT2D eigenvalue weighted by molar-refractivity contribution is 5.18. The van der Waals surface area contributed by atoms with Crippen LogP contribution < -0.4 is 0 Å². The summed E-state index contributed by atoms with van der Waals surface area (Å²) in [5, 5.41) is 40.4. The summed E-state index contributed by atoms with van der Waals surface area (Å²) in [7, 11) is 0. The van der Waals surface area contributed by atoms with Crippen LogP contribution in [-0.2, 0) is 96.5 Å². The minimum absolute atomic E-state index is 0.0341. The first kappa shape index (κ1) is 59.6. The Labute approximate surface area is 472 Å². The van der Waals surface area contributed by atoms with Crippen LogP contribution in [0.15, 0.2) is 187 Å². The van der Waals surface area contributed by atoms with E-state index in [2.05, 4.69) is 10.0 Å². The SMILES string of the molecule is CC1C(OCc2ccccc2)[C@H](OCCN=[N+]=[N-])O[C@@H](COCc2ccccc2)[C@H]1O[C@@H]1OC(COCc2ccccc2)[C@H](O[C@H]2OC(COCc3ccccc3)[C@H](O)[C@H](O)C2OCc2ccccc2)[C@H](O)C1OCc1ccccc1. The Kier molecular flexibility index (Phi) is 23.2. The largest absolute Gasteiger partial charge is 0.387 e. The van der Waals surface area contributed by atoms with E-state index >= 15 is 0 Å². The van der Waals surface area contributed by atoms with Gasteiger partial charge < -0.3 is 72.2 Å². The van der Waals surface area contributed by atoms with Gasteiger partial charge in [-0.25, -0.2) is 0 Å². The van der Waals surface area contributed by atoms with E-state index in [0.717, 1.165) is 33.4 Å². The molecule has 15 atom stereocenters. The Bertz CT molecular complexity index is 2740. The van der Waals surface area contributed by atoms with E-state index in [1.807, 2.05) is 189 Å². The highest BCUT2D eigenvalue weighted by atomic mass is 16.8. The molecule has 0 bridgehead atoms. The first-order valence-corrected chi connectivity index (χ1v) is 27.6. The van der Waals surface area contributed by atoms with Gasteiger partial charge >= 0.3 is 0 Å². The number of azide groups is 1. The second-order valence-corrected chi connectivity index (χ2v) is 20.3. The van der Waals surface area contributed by atoms with Crippen LogP contribution >= 0.6 is 0 Å². The number of nitrogens with zero attached hydrogens (tertiary/aromatic N) is 3. The van der Waals surface area contributed by atoms with Crippen molar-refractivity contribution in [3.63, 3.8) is 0 Å². The van der Waals surface area contributed by atoms with Crippen molar-refractivity contribution in [1.82, 2.24) is 0 Å². The minimum Gasteiger partial charge on any atom is -0.387 e. The molecular weight excluding hydrogens is 1040 g/mol. The van der Waals surface area contributed by atoms with Crippen molar-refractivity contribution in [2.75, 3.05) is 33.0 Å². The van der Waals surface area contributed by atoms with E-state index in [1.54, 1.807) is 0 Å². The second-order valence-electron chi connectivity index (χ2n) is 20.3. The number of rotatable bonds is 29. The molecule has 3 aliphatic heterocycles. The summed E-state index contributed by atoms with van der Waals surface area (Å²) in [5.41, 5.74) is 14.4. The predicted molar refractivity (Wildman–Crippen MR) is 296 cm³/mol. The molecule has 3 N–H and O–H groups in total. The number of hydrogen-bond donors (Lipinski definition) is 3. The highest BCUT2D eigenvalue weighted by Gasteiger charge is 2.55. The quantitative estimate of drug-likeness (QED) is 0.0174. The van der Waals surface area contributed by atoms with E-state index in [1.165, 1.54) is 0 Å². The lowest BCUT2D eigenvalue weighted by Crippen LogP contribution is -2.66. The summed E-state index contributed by atoms with van der Waals surface area (Å²) in [6, 6.07) is 57.6. The molecule has 3 saturated heterocycles. The molecule has 0 spiro atoms. The first-order valence-electron chi connectivity index (χ1n) is 27.6. The average molecular weight is 1110 g/mol. The number of aliphatic hydroxyl groups is 3. The third-order valence-corrected chi connectivity index (χ3v) is 14.4. The minimum atomic E-state index is -1.53. The molecular formula is C63H73N3O15. The second kappa shape index (κ2) is 31.5. The van der Waals surface area contributed by atoms with Gasteiger partial charge in [0.25, 0.3) is 0 Å². The Hall–Kier alpha value is -5.97. The summed E-state index contributed by atoms with van der Waals surface area (Å²) < 4.78 is 79.5. The summed E-state index contributed by atoms with van der Waals surface area (Å²) in [6.45, 7) is 2.84. The molecule has 3 heterocycles. The van der Waals surface area contributed by atoms with Crippen molar-refractivity contribution in [2.45, 2.75) is 133 Å². The van der Waals surface area contributed by atoms with Crippen molar-refractivity contribution in [2.24, 2.45) is 11.0 Å². The molecule has 0 radical (unpaired) electrons. The fourth-order valence-corrected chi connectivity index (χ4v) is 10.1. The first-order chi connectivity index (χ1) is 39.8. The molecule has 0 amide bonds. The topological polar surface area (TPSA) is 220 Å². The Morgan fingerprint density at radius 2 is 0.741 bits per heavy atom. The van der Waals surface area contributed by atoms with Gasteiger partial charge in [-0.05, 0) is 38.9 Å². The van der Waals surface area contributed by atoms with Gasteiger partial charge in [-0.2, -0.15) is 0 Å². The molecule has 6 aromatic rings.